The molecule has 0 spiro atoms. The van der Waals surface area contributed by atoms with Crippen LogP contribution in [0.5, 0.6) is 0 Å². The van der Waals surface area contributed by atoms with Gasteiger partial charge in [-0.05, 0) is 0 Å². The van der Waals surface area contributed by atoms with E-state index in [9.17, 15) is 18.6 Å². The molecule has 0 saturated heterocycles. The summed E-state index contributed by atoms with van der Waals surface area (Å²) in [4.78, 5) is 20.6. The zero-order valence-electron chi connectivity index (χ0n) is 6.84. The number of nitrogens with zero attached hydrogens (tertiary/aromatic N) is 1. The average molecular weight is 256 g/mol. The Hall–Kier alpha value is -1.55. The molecule has 0 bridgehead atoms. The van der Waals surface area contributed by atoms with E-state index >= 15 is 0 Å². The van der Waals surface area contributed by atoms with Crippen LogP contribution in [0.1, 0.15) is 10.4 Å². The molecule has 0 atom stereocenters. The molecule has 1 amide bonds. The van der Waals surface area contributed by atoms with Crippen molar-refractivity contribution in [3.8, 4) is 0 Å². The van der Waals surface area contributed by atoms with Crippen LogP contribution in [0, 0.1) is 10.1 Å². The fourth-order valence-electron chi connectivity index (χ4n) is 0.936. The zero-order chi connectivity index (χ0) is 10.7. The van der Waals surface area contributed by atoms with Crippen LogP contribution in [0.25, 0.3) is 0 Å². The van der Waals surface area contributed by atoms with Crippen molar-refractivity contribution < 1.29 is 13.5 Å². The van der Waals surface area contributed by atoms with E-state index in [1.165, 1.54) is 12.1 Å². The third-order valence-corrected chi connectivity index (χ3v) is 2.57. The first kappa shape index (κ1) is 10.5. The van der Waals surface area contributed by atoms with E-state index in [2.05, 4.69) is 0 Å². The predicted molar refractivity (Wildman–Crippen MR) is 47.7 cm³/mol. The Morgan fingerprint density at radius 2 is 2.14 bits per heavy atom. The molecule has 0 unspecified atom stereocenters. The summed E-state index contributed by atoms with van der Waals surface area (Å²) in [5.41, 5.74) is 4.36. The Labute approximate surface area is 85.2 Å². The van der Waals surface area contributed by atoms with Crippen LogP contribution in [0.3, 0.4) is 0 Å². The van der Waals surface area contributed by atoms with Crippen LogP contribution in [0.2, 0.25) is 0 Å². The van der Waals surface area contributed by atoms with Gasteiger partial charge in [-0.25, -0.2) is 0 Å². The van der Waals surface area contributed by atoms with E-state index in [0.717, 1.165) is 6.07 Å². The number of hydrogen-bond acceptors (Lipinski definition) is 4. The van der Waals surface area contributed by atoms with Gasteiger partial charge in [-0.15, -0.1) is 0 Å². The monoisotopic (exact) mass is 256 g/mol. The molecule has 7 heteroatoms. The third-order valence-electron chi connectivity index (χ3n) is 1.55. The van der Waals surface area contributed by atoms with Crippen molar-refractivity contribution in [2.45, 2.75) is 0 Å². The van der Waals surface area contributed by atoms with E-state index in [4.69, 9.17) is 5.73 Å². The van der Waals surface area contributed by atoms with E-state index in [1.807, 2.05) is 0 Å². The number of primary amides is 1. The first-order valence-electron chi connectivity index (χ1n) is 3.48. The first-order valence-corrected chi connectivity index (χ1v) is 5.18. The molecule has 72 valence electrons. The van der Waals surface area contributed by atoms with Gasteiger partial charge in [0.2, 0.25) is 0 Å². The number of amides is 1. The Balaban J connectivity index is 3.38. The molecular formula is C7H5AsN2O4. The number of carbonyl (C=O) groups excluding carboxylic acids is 1. The number of rotatable bonds is 3. The molecule has 2 N–H and O–H groups in total. The maximum atomic E-state index is 10.8. The van der Waals surface area contributed by atoms with Crippen LogP contribution in [0.15, 0.2) is 18.2 Å². The summed E-state index contributed by atoms with van der Waals surface area (Å²) in [7, 11) is 0. The van der Waals surface area contributed by atoms with Gasteiger partial charge in [0.25, 0.3) is 0 Å². The quantitative estimate of drug-likeness (QED) is 0.441. The summed E-state index contributed by atoms with van der Waals surface area (Å²) in [6.45, 7) is 0. The second-order valence-corrected chi connectivity index (χ2v) is 3.88. The SMILES string of the molecule is NC(=O)c1ccc([As]=O)cc1[N+](=O)[O-]. The van der Waals surface area contributed by atoms with Crippen molar-refractivity contribution in [1.82, 2.24) is 0 Å². The molecule has 0 aromatic heterocycles. The number of hydrogen-bond donors (Lipinski definition) is 1. The fourth-order valence-corrected chi connectivity index (χ4v) is 1.59. The molecule has 0 aliphatic heterocycles. The second kappa shape index (κ2) is 4.11. The van der Waals surface area contributed by atoms with Crippen molar-refractivity contribution >= 4 is 31.6 Å². The van der Waals surface area contributed by atoms with Gasteiger partial charge in [0.05, 0.1) is 0 Å². The summed E-state index contributed by atoms with van der Waals surface area (Å²) in [5.74, 6) is -0.870. The summed E-state index contributed by atoms with van der Waals surface area (Å²) < 4.78 is 10.9. The van der Waals surface area contributed by atoms with E-state index in [1.54, 1.807) is 0 Å². The van der Waals surface area contributed by atoms with Crippen molar-refractivity contribution in [2.75, 3.05) is 0 Å². The maximum absolute atomic E-state index is 10.8. The van der Waals surface area contributed by atoms with Gasteiger partial charge in [-0.2, -0.15) is 0 Å². The molecule has 6 nitrogen and oxygen atoms in total. The molecule has 0 radical (unpaired) electrons. The number of nitro benzene ring substituents is 1. The molecule has 0 aliphatic carbocycles. The molecule has 0 saturated carbocycles. The van der Waals surface area contributed by atoms with Gasteiger partial charge in [0.15, 0.2) is 0 Å². The van der Waals surface area contributed by atoms with Gasteiger partial charge in [-0.1, -0.05) is 0 Å². The van der Waals surface area contributed by atoms with Gasteiger partial charge in [-0.3, -0.25) is 0 Å². The van der Waals surface area contributed by atoms with Crippen LogP contribution >= 0.6 is 0 Å². The Morgan fingerprint density at radius 3 is 2.57 bits per heavy atom. The minimum absolute atomic E-state index is 0.173. The molecule has 0 aliphatic rings. The van der Waals surface area contributed by atoms with E-state index in [-0.39, 0.29) is 5.56 Å². The molecule has 0 heterocycles. The van der Waals surface area contributed by atoms with E-state index < -0.39 is 32.2 Å². The molecule has 14 heavy (non-hydrogen) atoms. The third kappa shape index (κ3) is 2.03. The van der Waals surface area contributed by atoms with Crippen LogP contribution in [0.4, 0.5) is 5.69 Å². The van der Waals surface area contributed by atoms with Crippen molar-refractivity contribution in [2.24, 2.45) is 5.73 Å². The predicted octanol–water partition coefficient (Wildman–Crippen LogP) is -0.631. The zero-order valence-corrected chi connectivity index (χ0v) is 8.71. The van der Waals surface area contributed by atoms with Crippen molar-refractivity contribution in [3.05, 3.63) is 33.9 Å². The fraction of sp³-hybridized carbons (Fsp3) is 0. The standard InChI is InChI=1S/C7H5AsN2O4/c9-7(11)5-2-1-4(8-12)3-6(5)10(13)14/h1-3H,(H2,9,11). The summed E-state index contributed by atoms with van der Waals surface area (Å²) in [6, 6.07) is 3.70. The normalized spacial score (nSPS) is 10.0. The van der Waals surface area contributed by atoms with Gasteiger partial charge < -0.3 is 0 Å². The van der Waals surface area contributed by atoms with E-state index in [0.29, 0.717) is 4.35 Å². The van der Waals surface area contributed by atoms with Crippen LogP contribution < -0.4 is 10.1 Å². The second-order valence-electron chi connectivity index (χ2n) is 2.41. The summed E-state index contributed by atoms with van der Waals surface area (Å²) >= 11 is -1.34. The summed E-state index contributed by atoms with van der Waals surface area (Å²) in [6.07, 6.45) is 0. The topological polar surface area (TPSA) is 103 Å². The first-order chi connectivity index (χ1) is 6.56. The Bertz CT molecular complexity index is 418. The number of nitro groups is 1. The molecule has 1 rings (SSSR count). The number of carbonyl (C=O) groups is 1. The number of nitrogens with two attached hydrogens (primary N) is 1. The van der Waals surface area contributed by atoms with Crippen LogP contribution in [-0.4, -0.2) is 26.5 Å². The average Bonchev–Trinajstić information content (AvgIpc) is 2.16. The molecule has 1 aromatic rings. The van der Waals surface area contributed by atoms with Gasteiger partial charge in [0.1, 0.15) is 0 Å². The molecular weight excluding hydrogens is 251 g/mol. The number of benzene rings is 1. The Morgan fingerprint density at radius 1 is 1.50 bits per heavy atom. The summed E-state index contributed by atoms with van der Waals surface area (Å²) in [5, 5.41) is 10.5. The van der Waals surface area contributed by atoms with Gasteiger partial charge in [0, 0.05) is 0 Å². The Kier molecular flexibility index (Phi) is 3.09. The van der Waals surface area contributed by atoms with Crippen molar-refractivity contribution in [3.63, 3.8) is 0 Å². The molecule has 0 fully saturated rings. The van der Waals surface area contributed by atoms with Gasteiger partial charge >= 0.3 is 84.7 Å². The molecule has 1 aromatic carbocycles. The van der Waals surface area contributed by atoms with Crippen molar-refractivity contribution in [1.29, 1.82) is 0 Å². The minimum atomic E-state index is -1.34. The van der Waals surface area contributed by atoms with Crippen LogP contribution in [-0.2, 0) is 3.74 Å².